The lowest BCUT2D eigenvalue weighted by Crippen LogP contribution is -2.37. The number of hydrogen-bond donors (Lipinski definition) is 1. The molecule has 0 spiro atoms. The minimum atomic E-state index is -0.580. The minimum Gasteiger partial charge on any atom is -0.310 e. The van der Waals surface area contributed by atoms with Crippen LogP contribution in [0.5, 0.6) is 0 Å². The molecule has 3 nitrogen and oxygen atoms in total. The summed E-state index contributed by atoms with van der Waals surface area (Å²) in [6.07, 6.45) is 2.67. The molecule has 104 valence electrons. The Bertz CT molecular complexity index is 449. The molecule has 2 aliphatic rings. The van der Waals surface area contributed by atoms with Crippen LogP contribution in [0.1, 0.15) is 24.0 Å². The second kappa shape index (κ2) is 6.16. The summed E-state index contributed by atoms with van der Waals surface area (Å²) in [5.74, 6) is 1.67. The van der Waals surface area contributed by atoms with E-state index in [1.807, 2.05) is 0 Å². The molecule has 0 aromatic heterocycles. The normalized spacial score (nSPS) is 21.7. The molecular formula is C15H22N2OS. The van der Waals surface area contributed by atoms with E-state index in [0.29, 0.717) is 0 Å². The molecule has 0 atom stereocenters. The van der Waals surface area contributed by atoms with E-state index in [1.54, 1.807) is 0 Å². The highest BCUT2D eigenvalue weighted by Crippen LogP contribution is 2.20. The SMILES string of the molecule is O=S1CCN(Cc2ccccc2CNC2CC2)CC1. The molecule has 1 aliphatic carbocycles. The van der Waals surface area contributed by atoms with Gasteiger partial charge in [-0.2, -0.15) is 0 Å². The average molecular weight is 278 g/mol. The fourth-order valence-corrected chi connectivity index (χ4v) is 3.63. The number of nitrogens with zero attached hydrogens (tertiary/aromatic N) is 1. The summed E-state index contributed by atoms with van der Waals surface area (Å²) in [7, 11) is -0.580. The van der Waals surface area contributed by atoms with Crippen LogP contribution in [0.15, 0.2) is 24.3 Å². The van der Waals surface area contributed by atoms with Crippen molar-refractivity contribution in [2.24, 2.45) is 0 Å². The molecule has 0 radical (unpaired) electrons. The second-order valence-electron chi connectivity index (χ2n) is 5.55. The van der Waals surface area contributed by atoms with Crippen LogP contribution in [0.3, 0.4) is 0 Å². The van der Waals surface area contributed by atoms with Crippen molar-refractivity contribution in [1.29, 1.82) is 0 Å². The Hall–Kier alpha value is -0.710. The molecule has 1 aromatic rings. The summed E-state index contributed by atoms with van der Waals surface area (Å²) in [6, 6.07) is 9.46. The zero-order valence-corrected chi connectivity index (χ0v) is 12.1. The zero-order chi connectivity index (χ0) is 13.1. The van der Waals surface area contributed by atoms with Crippen LogP contribution < -0.4 is 5.32 Å². The van der Waals surface area contributed by atoms with E-state index in [4.69, 9.17) is 0 Å². The predicted molar refractivity (Wildman–Crippen MR) is 79.5 cm³/mol. The van der Waals surface area contributed by atoms with Gasteiger partial charge in [0.25, 0.3) is 0 Å². The Kier molecular flexibility index (Phi) is 4.31. The quantitative estimate of drug-likeness (QED) is 0.886. The molecule has 3 rings (SSSR count). The molecule has 1 saturated carbocycles. The average Bonchev–Trinajstić information content (AvgIpc) is 3.25. The molecule has 1 N–H and O–H groups in total. The third-order valence-corrected chi connectivity index (χ3v) is 5.22. The van der Waals surface area contributed by atoms with Crippen molar-refractivity contribution in [2.75, 3.05) is 24.6 Å². The molecule has 19 heavy (non-hydrogen) atoms. The summed E-state index contributed by atoms with van der Waals surface area (Å²) in [6.45, 7) is 3.92. The van der Waals surface area contributed by atoms with Gasteiger partial charge in [-0.1, -0.05) is 24.3 Å². The van der Waals surface area contributed by atoms with Crippen LogP contribution in [-0.4, -0.2) is 39.7 Å². The van der Waals surface area contributed by atoms with Crippen LogP contribution in [0.2, 0.25) is 0 Å². The van der Waals surface area contributed by atoms with Gasteiger partial charge in [0.2, 0.25) is 0 Å². The van der Waals surface area contributed by atoms with E-state index < -0.39 is 10.8 Å². The first-order valence-electron chi connectivity index (χ1n) is 7.19. The number of nitrogens with one attached hydrogen (secondary N) is 1. The predicted octanol–water partition coefficient (Wildman–Crippen LogP) is 1.50. The van der Waals surface area contributed by atoms with Gasteiger partial charge < -0.3 is 5.32 Å². The first-order valence-corrected chi connectivity index (χ1v) is 8.67. The fourth-order valence-electron chi connectivity index (χ4n) is 2.50. The third kappa shape index (κ3) is 3.88. The van der Waals surface area contributed by atoms with E-state index in [0.717, 1.165) is 43.7 Å². The lowest BCUT2D eigenvalue weighted by atomic mass is 10.1. The standard InChI is InChI=1S/C15H22N2OS/c18-19-9-7-17(8-10-19)12-14-4-2-1-3-13(14)11-16-15-5-6-15/h1-4,15-16H,5-12H2. The Labute approximate surface area is 117 Å². The highest BCUT2D eigenvalue weighted by Gasteiger charge is 2.21. The maximum absolute atomic E-state index is 11.4. The second-order valence-corrected chi connectivity index (χ2v) is 7.24. The molecular weight excluding hydrogens is 256 g/mol. The van der Waals surface area contributed by atoms with E-state index >= 15 is 0 Å². The van der Waals surface area contributed by atoms with Crippen molar-refractivity contribution < 1.29 is 4.21 Å². The van der Waals surface area contributed by atoms with Crippen LogP contribution >= 0.6 is 0 Å². The lowest BCUT2D eigenvalue weighted by molar-refractivity contribution is 0.290. The summed E-state index contributed by atoms with van der Waals surface area (Å²) in [4.78, 5) is 2.43. The lowest BCUT2D eigenvalue weighted by Gasteiger charge is -2.27. The monoisotopic (exact) mass is 278 g/mol. The van der Waals surface area contributed by atoms with Gasteiger partial charge in [0.05, 0.1) is 0 Å². The molecule has 4 heteroatoms. The van der Waals surface area contributed by atoms with Crippen LogP contribution in [-0.2, 0) is 23.9 Å². The van der Waals surface area contributed by atoms with Crippen molar-refractivity contribution in [1.82, 2.24) is 10.2 Å². The third-order valence-electron chi connectivity index (χ3n) is 3.94. The molecule has 1 heterocycles. The fraction of sp³-hybridized carbons (Fsp3) is 0.600. The Balaban J connectivity index is 1.60. The van der Waals surface area contributed by atoms with Gasteiger partial charge in [-0.15, -0.1) is 0 Å². The highest BCUT2D eigenvalue weighted by atomic mass is 32.2. The van der Waals surface area contributed by atoms with E-state index in [9.17, 15) is 4.21 Å². The van der Waals surface area contributed by atoms with Crippen molar-refractivity contribution in [3.8, 4) is 0 Å². The number of benzene rings is 1. The minimum absolute atomic E-state index is 0.580. The van der Waals surface area contributed by atoms with Gasteiger partial charge in [-0.05, 0) is 24.0 Å². The van der Waals surface area contributed by atoms with Crippen LogP contribution in [0.25, 0.3) is 0 Å². The zero-order valence-electron chi connectivity index (χ0n) is 11.3. The van der Waals surface area contributed by atoms with E-state index in [-0.39, 0.29) is 0 Å². The van der Waals surface area contributed by atoms with Gasteiger partial charge in [-0.25, -0.2) is 0 Å². The van der Waals surface area contributed by atoms with Crippen molar-refractivity contribution in [2.45, 2.75) is 32.0 Å². The van der Waals surface area contributed by atoms with Gasteiger partial charge in [0.15, 0.2) is 0 Å². The maximum Gasteiger partial charge on any atom is 0.0363 e. The molecule has 2 fully saturated rings. The molecule has 0 unspecified atom stereocenters. The van der Waals surface area contributed by atoms with Crippen LogP contribution in [0.4, 0.5) is 0 Å². The first-order chi connectivity index (χ1) is 9.31. The summed E-state index contributed by atoms with van der Waals surface area (Å²) in [5.41, 5.74) is 2.84. The largest absolute Gasteiger partial charge is 0.310 e. The van der Waals surface area contributed by atoms with Crippen LogP contribution in [0, 0.1) is 0 Å². The highest BCUT2D eigenvalue weighted by molar-refractivity contribution is 7.85. The van der Waals surface area contributed by atoms with Gasteiger partial charge >= 0.3 is 0 Å². The molecule has 0 bridgehead atoms. The Morgan fingerprint density at radius 2 is 1.84 bits per heavy atom. The Morgan fingerprint density at radius 1 is 1.16 bits per heavy atom. The molecule has 1 aromatic carbocycles. The van der Waals surface area contributed by atoms with Crippen molar-refractivity contribution in [3.05, 3.63) is 35.4 Å². The summed E-state index contributed by atoms with van der Waals surface area (Å²) in [5, 5.41) is 3.59. The molecule has 1 saturated heterocycles. The first kappa shape index (κ1) is 13.3. The molecule has 0 amide bonds. The van der Waals surface area contributed by atoms with E-state index in [1.165, 1.54) is 24.0 Å². The van der Waals surface area contributed by atoms with Gasteiger partial charge in [0.1, 0.15) is 0 Å². The van der Waals surface area contributed by atoms with E-state index in [2.05, 4.69) is 34.5 Å². The van der Waals surface area contributed by atoms with Gasteiger partial charge in [-0.3, -0.25) is 9.11 Å². The van der Waals surface area contributed by atoms with Gasteiger partial charge in [0, 0.05) is 54.5 Å². The Morgan fingerprint density at radius 3 is 2.53 bits per heavy atom. The topological polar surface area (TPSA) is 32.3 Å². The number of rotatable bonds is 5. The van der Waals surface area contributed by atoms with Crippen molar-refractivity contribution in [3.63, 3.8) is 0 Å². The number of hydrogen-bond acceptors (Lipinski definition) is 3. The smallest absolute Gasteiger partial charge is 0.0363 e. The maximum atomic E-state index is 11.4. The summed E-state index contributed by atoms with van der Waals surface area (Å²) < 4.78 is 11.4. The molecule has 1 aliphatic heterocycles. The van der Waals surface area contributed by atoms with Crippen molar-refractivity contribution >= 4 is 10.8 Å². The summed E-state index contributed by atoms with van der Waals surface area (Å²) >= 11 is 0.